The van der Waals surface area contributed by atoms with Gasteiger partial charge in [0.2, 0.25) is 0 Å². The molecule has 0 amide bonds. The minimum absolute atomic E-state index is 0.329. The molecule has 0 saturated heterocycles. The van der Waals surface area contributed by atoms with Crippen molar-refractivity contribution in [3.05, 3.63) is 37.4 Å². The van der Waals surface area contributed by atoms with Crippen LogP contribution in [0, 0.1) is 0 Å². The van der Waals surface area contributed by atoms with Crippen molar-refractivity contribution in [1.82, 2.24) is 19.1 Å². The first-order valence-electron chi connectivity index (χ1n) is 5.03. The van der Waals surface area contributed by atoms with Gasteiger partial charge in [0.25, 0.3) is 0 Å². The van der Waals surface area contributed by atoms with Crippen molar-refractivity contribution in [3.8, 4) is 0 Å². The lowest BCUT2D eigenvalue weighted by Crippen LogP contribution is -2.33. The van der Waals surface area contributed by atoms with Crippen molar-refractivity contribution in [2.45, 2.75) is 25.3 Å². The summed E-state index contributed by atoms with van der Waals surface area (Å²) in [6.45, 7) is 0.658. The van der Waals surface area contributed by atoms with Gasteiger partial charge in [0, 0.05) is 24.8 Å². The van der Waals surface area contributed by atoms with E-state index in [1.807, 2.05) is 0 Å². The molecule has 2 aromatic heterocycles. The van der Waals surface area contributed by atoms with Gasteiger partial charge in [-0.3, -0.25) is 0 Å². The molecule has 0 aliphatic heterocycles. The van der Waals surface area contributed by atoms with Crippen LogP contribution in [-0.4, -0.2) is 41.5 Å². The zero-order valence-corrected chi connectivity index (χ0v) is 8.72. The molecule has 0 spiro atoms. The molecule has 2 rings (SSSR count). The molecule has 0 radical (unpaired) electrons. The maximum Gasteiger partial charge on any atom is 0.0995 e. The summed E-state index contributed by atoms with van der Waals surface area (Å²) >= 11 is 0. The van der Waals surface area contributed by atoms with E-state index >= 15 is 0 Å². The highest BCUT2D eigenvalue weighted by atomic mass is 16.3. The largest absolute Gasteiger partial charge is 0.388 e. The topological polar surface area (TPSA) is 76.1 Å². The number of aliphatic hydroxyl groups is 2. The van der Waals surface area contributed by atoms with Gasteiger partial charge < -0.3 is 19.3 Å². The SMILES string of the molecule is O[C@@H](Cn1ccnc1)[C@@H](O)Cn1ccnc1. The molecule has 6 nitrogen and oxygen atoms in total. The van der Waals surface area contributed by atoms with Gasteiger partial charge in [-0.1, -0.05) is 0 Å². The monoisotopic (exact) mass is 222 g/mol. The second-order valence-corrected chi connectivity index (χ2v) is 3.65. The number of hydrogen-bond acceptors (Lipinski definition) is 4. The van der Waals surface area contributed by atoms with Crippen molar-refractivity contribution in [3.63, 3.8) is 0 Å². The summed E-state index contributed by atoms with van der Waals surface area (Å²) < 4.78 is 3.45. The number of imidazole rings is 2. The second kappa shape index (κ2) is 4.91. The van der Waals surface area contributed by atoms with Crippen LogP contribution in [0.25, 0.3) is 0 Å². The van der Waals surface area contributed by atoms with Gasteiger partial charge in [-0.2, -0.15) is 0 Å². The van der Waals surface area contributed by atoms with E-state index in [2.05, 4.69) is 9.97 Å². The highest BCUT2D eigenvalue weighted by Crippen LogP contribution is 2.01. The van der Waals surface area contributed by atoms with Crippen LogP contribution in [0.2, 0.25) is 0 Å². The van der Waals surface area contributed by atoms with Crippen molar-refractivity contribution >= 4 is 0 Å². The fourth-order valence-electron chi connectivity index (χ4n) is 1.46. The summed E-state index contributed by atoms with van der Waals surface area (Å²) in [4.78, 5) is 7.73. The third-order valence-corrected chi connectivity index (χ3v) is 2.36. The van der Waals surface area contributed by atoms with Crippen LogP contribution in [-0.2, 0) is 13.1 Å². The molecule has 0 aliphatic carbocycles. The Hall–Kier alpha value is -1.66. The van der Waals surface area contributed by atoms with Gasteiger partial charge in [-0.05, 0) is 0 Å². The van der Waals surface area contributed by atoms with Crippen LogP contribution in [0.1, 0.15) is 0 Å². The highest BCUT2D eigenvalue weighted by Gasteiger charge is 2.16. The van der Waals surface area contributed by atoms with Crippen LogP contribution in [0.15, 0.2) is 37.4 Å². The molecule has 0 aliphatic rings. The lowest BCUT2D eigenvalue weighted by atomic mass is 10.2. The Morgan fingerprint density at radius 1 is 0.875 bits per heavy atom. The molecule has 2 N–H and O–H groups in total. The number of hydrogen-bond donors (Lipinski definition) is 2. The summed E-state index contributed by atoms with van der Waals surface area (Å²) in [5.41, 5.74) is 0. The summed E-state index contributed by atoms with van der Waals surface area (Å²) in [7, 11) is 0. The average molecular weight is 222 g/mol. The number of aliphatic hydroxyl groups excluding tert-OH is 2. The Labute approximate surface area is 92.8 Å². The fourth-order valence-corrected chi connectivity index (χ4v) is 1.46. The summed E-state index contributed by atoms with van der Waals surface area (Å²) in [6, 6.07) is 0. The van der Waals surface area contributed by atoms with Crippen LogP contribution in [0.3, 0.4) is 0 Å². The van der Waals surface area contributed by atoms with Crippen LogP contribution in [0.5, 0.6) is 0 Å². The van der Waals surface area contributed by atoms with Gasteiger partial charge in [-0.25, -0.2) is 9.97 Å². The minimum atomic E-state index is -0.823. The molecule has 0 aromatic carbocycles. The lowest BCUT2D eigenvalue weighted by molar-refractivity contribution is -0.0000291. The van der Waals surface area contributed by atoms with E-state index in [1.54, 1.807) is 46.6 Å². The van der Waals surface area contributed by atoms with Crippen LogP contribution < -0.4 is 0 Å². The first kappa shape index (κ1) is 10.8. The number of nitrogens with zero attached hydrogens (tertiary/aromatic N) is 4. The molecule has 2 heterocycles. The van der Waals surface area contributed by atoms with E-state index < -0.39 is 12.2 Å². The fraction of sp³-hybridized carbons (Fsp3) is 0.400. The summed E-state index contributed by atoms with van der Waals surface area (Å²) in [6.07, 6.45) is 8.32. The first-order valence-corrected chi connectivity index (χ1v) is 5.03. The van der Waals surface area contributed by atoms with E-state index in [1.165, 1.54) is 0 Å². The third-order valence-electron chi connectivity index (χ3n) is 2.36. The maximum absolute atomic E-state index is 9.76. The molecular formula is C10H14N4O2. The molecule has 6 heteroatoms. The van der Waals surface area contributed by atoms with E-state index in [-0.39, 0.29) is 0 Å². The smallest absolute Gasteiger partial charge is 0.0995 e. The Morgan fingerprint density at radius 3 is 1.62 bits per heavy atom. The second-order valence-electron chi connectivity index (χ2n) is 3.65. The molecule has 0 fully saturated rings. The van der Waals surface area contributed by atoms with Gasteiger partial charge in [0.15, 0.2) is 0 Å². The van der Waals surface area contributed by atoms with Gasteiger partial charge in [-0.15, -0.1) is 0 Å². The standard InChI is InChI=1S/C10H14N4O2/c15-9(5-13-3-1-11-7-13)10(16)6-14-4-2-12-8-14/h1-4,7-10,15-16H,5-6H2/t9-,10-/m0/s1. The molecule has 0 bridgehead atoms. The van der Waals surface area contributed by atoms with E-state index in [4.69, 9.17) is 0 Å². The highest BCUT2D eigenvalue weighted by molar-refractivity contribution is 4.80. The Kier molecular flexibility index (Phi) is 3.33. The molecule has 2 atom stereocenters. The number of rotatable bonds is 5. The summed E-state index contributed by atoms with van der Waals surface area (Å²) in [5, 5.41) is 19.5. The maximum atomic E-state index is 9.76. The number of aromatic nitrogens is 4. The lowest BCUT2D eigenvalue weighted by Gasteiger charge is -2.18. The van der Waals surface area contributed by atoms with Gasteiger partial charge in [0.1, 0.15) is 0 Å². The molecule has 0 unspecified atom stereocenters. The Balaban J connectivity index is 1.87. The quantitative estimate of drug-likeness (QED) is 0.715. The minimum Gasteiger partial charge on any atom is -0.388 e. The molecular weight excluding hydrogens is 208 g/mol. The van der Waals surface area contributed by atoms with E-state index in [0.29, 0.717) is 13.1 Å². The predicted molar refractivity (Wildman–Crippen MR) is 56.5 cm³/mol. The third kappa shape index (κ3) is 2.68. The van der Waals surface area contributed by atoms with Crippen LogP contribution >= 0.6 is 0 Å². The van der Waals surface area contributed by atoms with Gasteiger partial charge >= 0.3 is 0 Å². The zero-order chi connectivity index (χ0) is 11.4. The normalized spacial score (nSPS) is 14.9. The predicted octanol–water partition coefficient (Wildman–Crippen LogP) is -0.498. The zero-order valence-electron chi connectivity index (χ0n) is 8.72. The van der Waals surface area contributed by atoms with Crippen molar-refractivity contribution < 1.29 is 10.2 Å². The first-order chi connectivity index (χ1) is 7.75. The van der Waals surface area contributed by atoms with Crippen molar-refractivity contribution in [2.24, 2.45) is 0 Å². The molecule has 16 heavy (non-hydrogen) atoms. The summed E-state index contributed by atoms with van der Waals surface area (Å²) in [5.74, 6) is 0. The molecule has 86 valence electrons. The molecule has 2 aromatic rings. The van der Waals surface area contributed by atoms with Gasteiger partial charge in [0.05, 0.1) is 38.0 Å². The Morgan fingerprint density at radius 2 is 1.31 bits per heavy atom. The molecule has 0 saturated carbocycles. The average Bonchev–Trinajstić information content (AvgIpc) is 2.90. The Bertz CT molecular complexity index is 358. The van der Waals surface area contributed by atoms with E-state index in [0.717, 1.165) is 0 Å². The van der Waals surface area contributed by atoms with Crippen LogP contribution in [0.4, 0.5) is 0 Å². The van der Waals surface area contributed by atoms with Crippen molar-refractivity contribution in [1.29, 1.82) is 0 Å². The van der Waals surface area contributed by atoms with E-state index in [9.17, 15) is 10.2 Å². The van der Waals surface area contributed by atoms with Crippen molar-refractivity contribution in [2.75, 3.05) is 0 Å².